The second-order valence-corrected chi connectivity index (χ2v) is 3.31. The van der Waals surface area contributed by atoms with Gasteiger partial charge >= 0.3 is 6.09 Å². The van der Waals surface area contributed by atoms with Crippen molar-refractivity contribution in [1.29, 1.82) is 0 Å². The number of hydrogen-bond acceptors (Lipinski definition) is 3. The number of aliphatic imine (C=N–C) groups is 1. The number of benzene rings is 1. The number of amides is 2. The number of carbonyl (C=O) groups is 2. The molecule has 0 saturated heterocycles. The minimum absolute atomic E-state index is 0.130. The third kappa shape index (κ3) is 1.46. The van der Waals surface area contributed by atoms with Gasteiger partial charge in [-0.3, -0.25) is 4.79 Å². The van der Waals surface area contributed by atoms with Crippen LogP contribution in [-0.2, 0) is 9.53 Å². The maximum Gasteiger partial charge on any atom is 0.434 e. The van der Waals surface area contributed by atoms with Crippen LogP contribution in [0.1, 0.15) is 5.56 Å². The molecule has 0 unspecified atom stereocenters. The zero-order valence-corrected chi connectivity index (χ0v) is 8.93. The number of rotatable bonds is 0. The summed E-state index contributed by atoms with van der Waals surface area (Å²) in [5.41, 5.74) is 1.53. The Balaban J connectivity index is 2.53. The zero-order chi connectivity index (χ0) is 11.7. The highest BCUT2D eigenvalue weighted by atomic mass is 16.5. The van der Waals surface area contributed by atoms with Gasteiger partial charge in [0.2, 0.25) is 0 Å². The maximum atomic E-state index is 11.8. The van der Waals surface area contributed by atoms with Gasteiger partial charge in [0.15, 0.2) is 0 Å². The van der Waals surface area contributed by atoms with Crippen molar-refractivity contribution in [2.24, 2.45) is 4.99 Å². The normalized spacial score (nSPS) is 16.5. The molecule has 0 atom stereocenters. The Morgan fingerprint density at radius 1 is 1.38 bits per heavy atom. The third-order valence-corrected chi connectivity index (χ3v) is 2.41. The van der Waals surface area contributed by atoms with Crippen molar-refractivity contribution in [2.45, 2.75) is 0 Å². The van der Waals surface area contributed by atoms with E-state index in [1.807, 2.05) is 6.07 Å². The van der Waals surface area contributed by atoms with Crippen LogP contribution < -0.4 is 4.90 Å². The maximum absolute atomic E-state index is 11.8. The molecule has 0 aromatic heterocycles. The van der Waals surface area contributed by atoms with Crippen LogP contribution in [0.15, 0.2) is 29.3 Å². The molecule has 0 radical (unpaired) electrons. The molecule has 0 bridgehead atoms. The molecule has 0 fully saturated rings. The largest absolute Gasteiger partial charge is 0.451 e. The van der Waals surface area contributed by atoms with Gasteiger partial charge in [0.25, 0.3) is 5.91 Å². The lowest BCUT2D eigenvalue weighted by atomic mass is 10.1. The van der Waals surface area contributed by atoms with Crippen LogP contribution in [0.5, 0.6) is 0 Å². The van der Waals surface area contributed by atoms with Crippen molar-refractivity contribution in [2.75, 3.05) is 19.1 Å². The van der Waals surface area contributed by atoms with Gasteiger partial charge in [-0.05, 0) is 6.07 Å². The quantitative estimate of drug-likeness (QED) is 0.657. The Morgan fingerprint density at radius 3 is 2.75 bits per heavy atom. The molecule has 5 nitrogen and oxygen atoms in total. The van der Waals surface area contributed by atoms with Crippen LogP contribution in [0, 0.1) is 0 Å². The number of fused-ring (bicyclic) bond motifs is 1. The molecule has 0 saturated carbocycles. The van der Waals surface area contributed by atoms with E-state index >= 15 is 0 Å². The van der Waals surface area contributed by atoms with Gasteiger partial charge in [-0.15, -0.1) is 0 Å². The molecule has 2 rings (SSSR count). The number of carbonyl (C=O) groups excluding carboxylic acids is 2. The Labute approximate surface area is 92.3 Å². The number of anilines is 1. The van der Waals surface area contributed by atoms with E-state index < -0.39 is 6.09 Å². The average Bonchev–Trinajstić information content (AvgIpc) is 2.55. The van der Waals surface area contributed by atoms with Crippen LogP contribution >= 0.6 is 0 Å². The number of methoxy groups -OCH3 is 1. The first-order chi connectivity index (χ1) is 7.65. The first kappa shape index (κ1) is 10.4. The summed E-state index contributed by atoms with van der Waals surface area (Å²) < 4.78 is 4.41. The number of nitrogens with zero attached hydrogens (tertiary/aromatic N) is 2. The van der Waals surface area contributed by atoms with E-state index in [2.05, 4.69) is 9.73 Å². The van der Waals surface area contributed by atoms with Crippen molar-refractivity contribution < 1.29 is 14.3 Å². The minimum atomic E-state index is -0.770. The van der Waals surface area contributed by atoms with E-state index in [-0.39, 0.29) is 11.6 Å². The second-order valence-electron chi connectivity index (χ2n) is 3.31. The van der Waals surface area contributed by atoms with Gasteiger partial charge < -0.3 is 9.64 Å². The van der Waals surface area contributed by atoms with Gasteiger partial charge in [-0.25, -0.2) is 4.79 Å². The molecule has 1 aromatic carbocycles. The fourth-order valence-corrected chi connectivity index (χ4v) is 1.59. The number of ether oxygens (including phenoxy) is 1. The second kappa shape index (κ2) is 3.77. The van der Waals surface area contributed by atoms with Crippen LogP contribution in [-0.4, -0.2) is 31.9 Å². The van der Waals surface area contributed by atoms with E-state index in [1.165, 1.54) is 12.0 Å². The Morgan fingerprint density at radius 2 is 2.06 bits per heavy atom. The van der Waals surface area contributed by atoms with Gasteiger partial charge in [0, 0.05) is 12.6 Å². The van der Waals surface area contributed by atoms with Gasteiger partial charge in [-0.2, -0.15) is 4.99 Å². The molecule has 1 aliphatic rings. The molecule has 5 heteroatoms. The summed E-state index contributed by atoms with van der Waals surface area (Å²) in [5.74, 6) is -0.299. The highest BCUT2D eigenvalue weighted by molar-refractivity contribution is 6.55. The molecule has 1 heterocycles. The molecule has 16 heavy (non-hydrogen) atoms. The van der Waals surface area contributed by atoms with Crippen LogP contribution in [0.25, 0.3) is 0 Å². The van der Waals surface area contributed by atoms with E-state index in [0.717, 1.165) is 5.69 Å². The molecule has 0 aliphatic carbocycles. The first-order valence-electron chi connectivity index (χ1n) is 4.69. The van der Waals surface area contributed by atoms with Crippen LogP contribution in [0.3, 0.4) is 0 Å². The molecule has 1 aliphatic heterocycles. The van der Waals surface area contributed by atoms with Crippen LogP contribution in [0.2, 0.25) is 0 Å². The highest BCUT2D eigenvalue weighted by Crippen LogP contribution is 2.27. The highest BCUT2D eigenvalue weighted by Gasteiger charge is 2.31. The topological polar surface area (TPSA) is 59.0 Å². The molecular formula is C11H10N2O3. The molecular weight excluding hydrogens is 208 g/mol. The standard InChI is InChI=1S/C11H10N2O3/c1-13-8-6-4-3-5-7(8)9(10(13)14)12-11(15)16-2/h3-6H,1-2H3. The summed E-state index contributed by atoms with van der Waals surface area (Å²) in [7, 11) is 2.86. The van der Waals surface area contributed by atoms with E-state index in [0.29, 0.717) is 5.56 Å². The lowest BCUT2D eigenvalue weighted by Gasteiger charge is -2.07. The van der Waals surface area contributed by atoms with Crippen LogP contribution in [0.4, 0.5) is 10.5 Å². The lowest BCUT2D eigenvalue weighted by Crippen LogP contribution is -2.26. The van der Waals surface area contributed by atoms with Crippen molar-refractivity contribution in [3.05, 3.63) is 29.8 Å². The van der Waals surface area contributed by atoms with Crippen molar-refractivity contribution in [3.8, 4) is 0 Å². The van der Waals surface area contributed by atoms with Crippen molar-refractivity contribution in [1.82, 2.24) is 0 Å². The average molecular weight is 218 g/mol. The first-order valence-corrected chi connectivity index (χ1v) is 4.69. The monoisotopic (exact) mass is 218 g/mol. The lowest BCUT2D eigenvalue weighted by molar-refractivity contribution is -0.111. The van der Waals surface area contributed by atoms with Gasteiger partial charge in [0.05, 0.1) is 12.8 Å². The molecule has 0 N–H and O–H groups in total. The molecule has 82 valence electrons. The predicted molar refractivity (Wildman–Crippen MR) is 58.8 cm³/mol. The summed E-state index contributed by atoms with van der Waals surface area (Å²) >= 11 is 0. The SMILES string of the molecule is COC(=O)N=C1C(=O)N(C)c2ccccc21. The van der Waals surface area contributed by atoms with Gasteiger partial charge in [-0.1, -0.05) is 18.2 Å². The minimum Gasteiger partial charge on any atom is -0.451 e. The summed E-state index contributed by atoms with van der Waals surface area (Å²) in [4.78, 5) is 27.9. The van der Waals surface area contributed by atoms with Gasteiger partial charge in [0.1, 0.15) is 5.71 Å². The zero-order valence-electron chi connectivity index (χ0n) is 8.93. The summed E-state index contributed by atoms with van der Waals surface area (Å²) in [5, 5.41) is 0. The predicted octanol–water partition coefficient (Wildman–Crippen LogP) is 1.22. The van der Waals surface area contributed by atoms with E-state index in [1.54, 1.807) is 25.2 Å². The number of hydrogen-bond donors (Lipinski definition) is 0. The van der Waals surface area contributed by atoms with Crippen molar-refractivity contribution >= 4 is 23.4 Å². The molecule has 2 amide bonds. The number of likely N-dealkylation sites (N-methyl/N-ethyl adjacent to an activating group) is 1. The summed E-state index contributed by atoms with van der Waals surface area (Å²) in [6.45, 7) is 0. The molecule has 0 spiro atoms. The summed E-state index contributed by atoms with van der Waals surface area (Å²) in [6, 6.07) is 7.16. The molecule has 1 aromatic rings. The third-order valence-electron chi connectivity index (χ3n) is 2.41. The summed E-state index contributed by atoms with van der Waals surface area (Å²) in [6.07, 6.45) is -0.770. The Kier molecular flexibility index (Phi) is 2.44. The fourth-order valence-electron chi connectivity index (χ4n) is 1.59. The van der Waals surface area contributed by atoms with Crippen molar-refractivity contribution in [3.63, 3.8) is 0 Å². The Hall–Kier alpha value is -2.17. The van der Waals surface area contributed by atoms with E-state index in [9.17, 15) is 9.59 Å². The number of para-hydroxylation sites is 1. The fraction of sp³-hybridized carbons (Fsp3) is 0.182. The smallest absolute Gasteiger partial charge is 0.434 e. The van der Waals surface area contributed by atoms with E-state index in [4.69, 9.17) is 0 Å². The Bertz CT molecular complexity index is 494.